The summed E-state index contributed by atoms with van der Waals surface area (Å²) in [6, 6.07) is 4.23. The highest BCUT2D eigenvalue weighted by Crippen LogP contribution is 2.38. The van der Waals surface area contributed by atoms with Gasteiger partial charge in [0.1, 0.15) is 5.52 Å². The minimum atomic E-state index is 0.0750. The quantitative estimate of drug-likeness (QED) is 0.740. The number of nitrogens with two attached hydrogens (primary N) is 1. The van der Waals surface area contributed by atoms with Crippen LogP contribution in [0.3, 0.4) is 0 Å². The zero-order valence-corrected chi connectivity index (χ0v) is 13.9. The number of fused-ring (bicyclic) bond motifs is 1. The van der Waals surface area contributed by atoms with Crippen molar-refractivity contribution < 1.29 is 0 Å². The van der Waals surface area contributed by atoms with E-state index in [2.05, 4.69) is 27.0 Å². The summed E-state index contributed by atoms with van der Waals surface area (Å²) in [6.45, 7) is 2.75. The second kappa shape index (κ2) is 6.27. The Morgan fingerprint density at radius 1 is 1.48 bits per heavy atom. The van der Waals surface area contributed by atoms with Gasteiger partial charge in [0.2, 0.25) is 0 Å². The maximum atomic E-state index is 6.40. The van der Waals surface area contributed by atoms with Gasteiger partial charge in [-0.05, 0) is 24.8 Å². The van der Waals surface area contributed by atoms with Crippen molar-refractivity contribution in [3.8, 4) is 0 Å². The number of nitrogens with one attached hydrogen (secondary N) is 1. The zero-order valence-electron chi connectivity index (χ0n) is 11.5. The fraction of sp³-hybridized carbons (Fsp3) is 0.286. The van der Waals surface area contributed by atoms with Crippen LogP contribution in [0.4, 0.5) is 5.69 Å². The first-order valence-corrected chi connectivity index (χ1v) is 8.67. The van der Waals surface area contributed by atoms with E-state index in [1.165, 1.54) is 4.88 Å². The van der Waals surface area contributed by atoms with Crippen molar-refractivity contribution >= 4 is 50.2 Å². The third-order valence-electron chi connectivity index (χ3n) is 3.02. The first-order chi connectivity index (χ1) is 10.1. The lowest BCUT2D eigenvalue weighted by Gasteiger charge is -2.04. The summed E-state index contributed by atoms with van der Waals surface area (Å²) in [5, 5.41) is 14.4. The number of halogens is 1. The number of thiophene rings is 2. The second-order valence-electron chi connectivity index (χ2n) is 4.89. The van der Waals surface area contributed by atoms with Gasteiger partial charge in [0.15, 0.2) is 0 Å². The molecule has 3 rings (SSSR count). The summed E-state index contributed by atoms with van der Waals surface area (Å²) in [4.78, 5) is 2.35. The van der Waals surface area contributed by atoms with E-state index in [4.69, 9.17) is 17.3 Å². The van der Waals surface area contributed by atoms with Crippen LogP contribution >= 0.6 is 34.3 Å². The molecule has 0 saturated heterocycles. The van der Waals surface area contributed by atoms with Gasteiger partial charge in [-0.15, -0.1) is 27.8 Å². The monoisotopic (exact) mass is 338 g/mol. The van der Waals surface area contributed by atoms with Crippen molar-refractivity contribution in [3.05, 3.63) is 38.5 Å². The number of anilines is 1. The lowest BCUT2D eigenvalue weighted by Crippen LogP contribution is -2.17. The molecule has 110 valence electrons. The summed E-state index contributed by atoms with van der Waals surface area (Å²) in [5.74, 6) is 0. The Bertz CT molecular complexity index is 737. The minimum absolute atomic E-state index is 0.0750. The van der Waals surface area contributed by atoms with E-state index in [0.29, 0.717) is 5.02 Å². The molecule has 0 bridgehead atoms. The average molecular weight is 339 g/mol. The molecule has 0 aromatic carbocycles. The lowest BCUT2D eigenvalue weighted by molar-refractivity contribution is 0.747. The summed E-state index contributed by atoms with van der Waals surface area (Å²) < 4.78 is 1.04. The van der Waals surface area contributed by atoms with Crippen LogP contribution < -0.4 is 11.1 Å². The molecule has 3 aromatic rings. The zero-order chi connectivity index (χ0) is 14.8. The van der Waals surface area contributed by atoms with Crippen molar-refractivity contribution in [2.75, 3.05) is 5.32 Å². The van der Waals surface area contributed by atoms with Gasteiger partial charge in [0.05, 0.1) is 21.6 Å². The lowest BCUT2D eigenvalue weighted by atomic mass is 10.2. The Morgan fingerprint density at radius 3 is 3.05 bits per heavy atom. The van der Waals surface area contributed by atoms with Gasteiger partial charge in [0.25, 0.3) is 0 Å². The SMILES string of the molecule is C[C@H](N)Cc1sc2c(NCc3cccs3)cnnc2c1Cl. The first kappa shape index (κ1) is 14.7. The van der Waals surface area contributed by atoms with E-state index < -0.39 is 0 Å². The molecule has 3 aromatic heterocycles. The maximum Gasteiger partial charge on any atom is 0.125 e. The third-order valence-corrected chi connectivity index (χ3v) is 5.65. The summed E-state index contributed by atoms with van der Waals surface area (Å²) in [7, 11) is 0. The van der Waals surface area contributed by atoms with Gasteiger partial charge < -0.3 is 11.1 Å². The highest BCUT2D eigenvalue weighted by Gasteiger charge is 2.16. The number of rotatable bonds is 5. The average Bonchev–Trinajstić information content (AvgIpc) is 3.06. The van der Waals surface area contributed by atoms with Gasteiger partial charge in [0, 0.05) is 22.3 Å². The first-order valence-electron chi connectivity index (χ1n) is 6.59. The molecule has 4 nitrogen and oxygen atoms in total. The van der Waals surface area contributed by atoms with Crippen molar-refractivity contribution in [1.29, 1.82) is 0 Å². The predicted molar refractivity (Wildman–Crippen MR) is 91.4 cm³/mol. The van der Waals surface area contributed by atoms with Crippen LogP contribution in [0.5, 0.6) is 0 Å². The van der Waals surface area contributed by atoms with Crippen LogP contribution in [0.25, 0.3) is 10.2 Å². The number of aromatic nitrogens is 2. The second-order valence-corrected chi connectivity index (χ2v) is 7.40. The molecule has 0 unspecified atom stereocenters. The van der Waals surface area contributed by atoms with Crippen molar-refractivity contribution in [3.63, 3.8) is 0 Å². The molecule has 0 aliphatic heterocycles. The standard InChI is InChI=1S/C14H15ClN4S2/c1-8(16)5-11-12(15)13-14(21-11)10(7-18-19-13)17-6-9-3-2-4-20-9/h2-4,7-8H,5-6,16H2,1H3,(H,17,19)/t8-/m0/s1. The predicted octanol–water partition coefficient (Wildman–Crippen LogP) is 3.91. The third kappa shape index (κ3) is 3.18. The van der Waals surface area contributed by atoms with Crippen LogP contribution in [-0.2, 0) is 13.0 Å². The molecule has 0 aliphatic carbocycles. The molecule has 3 N–H and O–H groups in total. The van der Waals surface area contributed by atoms with E-state index in [-0.39, 0.29) is 6.04 Å². The van der Waals surface area contributed by atoms with Crippen molar-refractivity contribution in [1.82, 2.24) is 10.2 Å². The Balaban J connectivity index is 1.91. The smallest absolute Gasteiger partial charge is 0.125 e. The molecule has 0 spiro atoms. The van der Waals surface area contributed by atoms with Crippen LogP contribution in [0.2, 0.25) is 5.02 Å². The van der Waals surface area contributed by atoms with Crippen molar-refractivity contribution in [2.45, 2.75) is 25.9 Å². The fourth-order valence-corrected chi connectivity index (χ4v) is 4.35. The van der Waals surface area contributed by atoms with Gasteiger partial charge in [-0.25, -0.2) is 0 Å². The summed E-state index contributed by atoms with van der Waals surface area (Å²) >= 11 is 9.77. The van der Waals surface area contributed by atoms with Crippen LogP contribution in [0, 0.1) is 0 Å². The molecule has 0 radical (unpaired) electrons. The summed E-state index contributed by atoms with van der Waals surface area (Å²) in [5.41, 5.74) is 7.60. The van der Waals surface area contributed by atoms with E-state index in [1.807, 2.05) is 13.0 Å². The Labute approximate surface area is 136 Å². The van der Waals surface area contributed by atoms with Gasteiger partial charge >= 0.3 is 0 Å². The molecule has 7 heteroatoms. The molecule has 3 heterocycles. The normalized spacial score (nSPS) is 12.7. The molecule has 0 fully saturated rings. The van der Waals surface area contributed by atoms with Crippen molar-refractivity contribution in [2.24, 2.45) is 5.73 Å². The van der Waals surface area contributed by atoms with Gasteiger partial charge in [-0.3, -0.25) is 0 Å². The van der Waals surface area contributed by atoms with Crippen LogP contribution in [-0.4, -0.2) is 16.2 Å². The molecule has 0 aliphatic rings. The molecule has 0 amide bonds. The van der Waals surface area contributed by atoms with E-state index >= 15 is 0 Å². The van der Waals surface area contributed by atoms with E-state index in [0.717, 1.165) is 33.7 Å². The number of nitrogens with zero attached hydrogens (tertiary/aromatic N) is 2. The highest BCUT2D eigenvalue weighted by atomic mass is 35.5. The minimum Gasteiger partial charge on any atom is -0.378 e. The largest absolute Gasteiger partial charge is 0.378 e. The fourth-order valence-electron chi connectivity index (χ4n) is 2.07. The van der Waals surface area contributed by atoms with E-state index in [9.17, 15) is 0 Å². The van der Waals surface area contributed by atoms with Gasteiger partial charge in [-0.2, -0.15) is 5.10 Å². The van der Waals surface area contributed by atoms with Crippen LogP contribution in [0.15, 0.2) is 23.7 Å². The maximum absolute atomic E-state index is 6.40. The molecule has 0 saturated carbocycles. The summed E-state index contributed by atoms with van der Waals surface area (Å²) in [6.07, 6.45) is 2.50. The molecule has 1 atom stereocenters. The van der Waals surface area contributed by atoms with E-state index in [1.54, 1.807) is 28.9 Å². The Morgan fingerprint density at radius 2 is 2.33 bits per heavy atom. The Kier molecular flexibility index (Phi) is 4.40. The number of hydrogen-bond acceptors (Lipinski definition) is 6. The topological polar surface area (TPSA) is 63.8 Å². The molecule has 21 heavy (non-hydrogen) atoms. The highest BCUT2D eigenvalue weighted by molar-refractivity contribution is 7.20. The molecular formula is C14H15ClN4S2. The molecular weight excluding hydrogens is 324 g/mol. The van der Waals surface area contributed by atoms with Gasteiger partial charge in [-0.1, -0.05) is 17.7 Å². The Hall–Kier alpha value is -1.21. The number of hydrogen-bond donors (Lipinski definition) is 2. The van der Waals surface area contributed by atoms with Crippen LogP contribution in [0.1, 0.15) is 16.7 Å².